The first-order valence-electron chi connectivity index (χ1n) is 3.97. The fraction of sp³-hybridized carbons (Fsp3) is 0.222. The summed E-state index contributed by atoms with van der Waals surface area (Å²) in [6.07, 6.45) is 1.39. The molecule has 0 spiro atoms. The number of rotatable bonds is 3. The highest BCUT2D eigenvalue weighted by Crippen LogP contribution is 2.19. The van der Waals surface area contributed by atoms with Crippen molar-refractivity contribution >= 4 is 11.1 Å². The lowest BCUT2D eigenvalue weighted by Crippen LogP contribution is -2.01. The molecule has 0 fully saturated rings. The van der Waals surface area contributed by atoms with Gasteiger partial charge in [0.25, 0.3) is 0 Å². The van der Waals surface area contributed by atoms with Crippen LogP contribution < -0.4 is 4.74 Å². The van der Waals surface area contributed by atoms with Gasteiger partial charge in [0.1, 0.15) is 17.9 Å². The molecule has 0 saturated carbocycles. The minimum absolute atomic E-state index is 0.0108. The molecule has 0 radical (unpaired) electrons. The molecule has 0 bridgehead atoms. The van der Waals surface area contributed by atoms with Crippen molar-refractivity contribution in [1.82, 2.24) is 4.98 Å². The van der Waals surface area contributed by atoms with Gasteiger partial charge in [0, 0.05) is 6.07 Å². The monoisotopic (exact) mass is 179 g/mol. The van der Waals surface area contributed by atoms with E-state index in [1.807, 2.05) is 0 Å². The Morgan fingerprint density at radius 1 is 1.46 bits per heavy atom. The van der Waals surface area contributed by atoms with Gasteiger partial charge in [-0.15, -0.1) is 0 Å². The van der Waals surface area contributed by atoms with Gasteiger partial charge in [-0.1, -0.05) is 0 Å². The predicted octanol–water partition coefficient (Wildman–Crippen LogP) is 1.20. The first-order chi connectivity index (χ1) is 6.40. The van der Waals surface area contributed by atoms with Gasteiger partial charge >= 0.3 is 0 Å². The first kappa shape index (κ1) is 8.07. The summed E-state index contributed by atoms with van der Waals surface area (Å²) in [5, 5.41) is 8.54. The number of aromatic nitrogens is 1. The summed E-state index contributed by atoms with van der Waals surface area (Å²) in [6.45, 7) is 0.306. The Balaban J connectivity index is 2.26. The van der Waals surface area contributed by atoms with E-state index >= 15 is 0 Å². The van der Waals surface area contributed by atoms with E-state index in [1.54, 1.807) is 18.2 Å². The van der Waals surface area contributed by atoms with Crippen molar-refractivity contribution in [1.29, 1.82) is 0 Å². The first-order valence-corrected chi connectivity index (χ1v) is 3.97. The van der Waals surface area contributed by atoms with E-state index in [0.29, 0.717) is 12.4 Å². The van der Waals surface area contributed by atoms with Crippen molar-refractivity contribution in [3.63, 3.8) is 0 Å². The molecule has 1 N–H and O–H groups in total. The van der Waals surface area contributed by atoms with Gasteiger partial charge in [0.2, 0.25) is 0 Å². The van der Waals surface area contributed by atoms with Gasteiger partial charge in [0.15, 0.2) is 12.0 Å². The van der Waals surface area contributed by atoms with Gasteiger partial charge in [0.05, 0.1) is 6.61 Å². The Morgan fingerprint density at radius 3 is 3.23 bits per heavy atom. The Morgan fingerprint density at radius 2 is 2.38 bits per heavy atom. The van der Waals surface area contributed by atoms with Crippen LogP contribution in [0.3, 0.4) is 0 Å². The smallest absolute Gasteiger partial charge is 0.181 e. The number of aliphatic hydroxyl groups excluding tert-OH is 1. The van der Waals surface area contributed by atoms with E-state index in [1.165, 1.54) is 6.39 Å². The highest BCUT2D eigenvalue weighted by molar-refractivity contribution is 5.73. The number of hydrogen-bond acceptors (Lipinski definition) is 4. The molecule has 0 aliphatic rings. The van der Waals surface area contributed by atoms with Crippen LogP contribution in [0.4, 0.5) is 0 Å². The molecule has 2 aromatic rings. The van der Waals surface area contributed by atoms with Crippen molar-refractivity contribution in [3.05, 3.63) is 24.6 Å². The summed E-state index contributed by atoms with van der Waals surface area (Å²) in [6, 6.07) is 5.34. The van der Waals surface area contributed by atoms with Gasteiger partial charge in [-0.2, -0.15) is 0 Å². The van der Waals surface area contributed by atoms with Gasteiger partial charge in [-0.3, -0.25) is 0 Å². The van der Waals surface area contributed by atoms with E-state index in [4.69, 9.17) is 14.3 Å². The molecule has 68 valence electrons. The zero-order valence-corrected chi connectivity index (χ0v) is 6.93. The van der Waals surface area contributed by atoms with E-state index < -0.39 is 0 Å². The molecule has 0 amide bonds. The van der Waals surface area contributed by atoms with Crippen molar-refractivity contribution < 1.29 is 14.3 Å². The van der Waals surface area contributed by atoms with Crippen LogP contribution in [-0.2, 0) is 0 Å². The second-order valence-corrected chi connectivity index (χ2v) is 2.55. The Kier molecular flexibility index (Phi) is 2.14. The molecule has 13 heavy (non-hydrogen) atoms. The molecule has 1 aromatic carbocycles. The average Bonchev–Trinajstić information content (AvgIpc) is 2.61. The van der Waals surface area contributed by atoms with Crippen LogP contribution in [0.2, 0.25) is 0 Å². The third-order valence-corrected chi connectivity index (χ3v) is 1.66. The normalized spacial score (nSPS) is 10.5. The number of hydrogen-bond donors (Lipinski definition) is 1. The molecule has 1 aromatic heterocycles. The predicted molar refractivity (Wildman–Crippen MR) is 46.6 cm³/mol. The molecular formula is C9H9NO3. The van der Waals surface area contributed by atoms with Crippen LogP contribution in [0.1, 0.15) is 0 Å². The molecular weight excluding hydrogens is 170 g/mol. The Bertz CT molecular complexity index is 396. The fourth-order valence-electron chi connectivity index (χ4n) is 1.09. The van der Waals surface area contributed by atoms with Crippen LogP contribution in [0, 0.1) is 0 Å². The molecule has 1 heterocycles. The van der Waals surface area contributed by atoms with Crippen LogP contribution in [-0.4, -0.2) is 23.3 Å². The molecule has 2 rings (SSSR count). The number of oxazole rings is 1. The van der Waals surface area contributed by atoms with Crippen molar-refractivity contribution in [2.75, 3.05) is 13.2 Å². The van der Waals surface area contributed by atoms with E-state index in [0.717, 1.165) is 11.1 Å². The van der Waals surface area contributed by atoms with Crippen LogP contribution in [0.15, 0.2) is 29.0 Å². The summed E-state index contributed by atoms with van der Waals surface area (Å²) in [7, 11) is 0. The second-order valence-electron chi connectivity index (χ2n) is 2.55. The summed E-state index contributed by atoms with van der Waals surface area (Å²) in [5.41, 5.74) is 1.49. The minimum Gasteiger partial charge on any atom is -0.491 e. The number of ether oxygens (including phenoxy) is 1. The largest absolute Gasteiger partial charge is 0.491 e. The van der Waals surface area contributed by atoms with E-state index in [2.05, 4.69) is 4.98 Å². The molecule has 0 unspecified atom stereocenters. The third kappa shape index (κ3) is 1.62. The van der Waals surface area contributed by atoms with Crippen LogP contribution in [0.5, 0.6) is 5.75 Å². The summed E-state index contributed by atoms with van der Waals surface area (Å²) in [5.74, 6) is 0.690. The lowest BCUT2D eigenvalue weighted by Gasteiger charge is -2.02. The molecule has 0 aliphatic heterocycles. The van der Waals surface area contributed by atoms with E-state index in [9.17, 15) is 0 Å². The maximum Gasteiger partial charge on any atom is 0.181 e. The number of fused-ring (bicyclic) bond motifs is 1. The summed E-state index contributed by atoms with van der Waals surface area (Å²) >= 11 is 0. The highest BCUT2D eigenvalue weighted by Gasteiger charge is 1.99. The van der Waals surface area contributed by atoms with Gasteiger partial charge < -0.3 is 14.3 Å². The van der Waals surface area contributed by atoms with Crippen molar-refractivity contribution in [3.8, 4) is 5.75 Å². The fourth-order valence-corrected chi connectivity index (χ4v) is 1.09. The Hall–Kier alpha value is -1.55. The van der Waals surface area contributed by atoms with Crippen LogP contribution in [0.25, 0.3) is 11.1 Å². The molecule has 0 aliphatic carbocycles. The topological polar surface area (TPSA) is 55.5 Å². The molecule has 4 heteroatoms. The summed E-state index contributed by atoms with van der Waals surface area (Å²) in [4.78, 5) is 3.98. The average molecular weight is 179 g/mol. The zero-order chi connectivity index (χ0) is 9.10. The second kappa shape index (κ2) is 3.45. The lowest BCUT2D eigenvalue weighted by molar-refractivity contribution is 0.201. The number of benzene rings is 1. The van der Waals surface area contributed by atoms with E-state index in [-0.39, 0.29) is 6.61 Å². The zero-order valence-electron chi connectivity index (χ0n) is 6.93. The SMILES string of the molecule is OCCOc1ccc2ocnc2c1. The maximum atomic E-state index is 8.54. The maximum absolute atomic E-state index is 8.54. The summed E-state index contributed by atoms with van der Waals surface area (Å²) < 4.78 is 10.3. The lowest BCUT2D eigenvalue weighted by atomic mass is 10.3. The number of nitrogens with zero attached hydrogens (tertiary/aromatic N) is 1. The number of aliphatic hydroxyl groups is 1. The van der Waals surface area contributed by atoms with Crippen molar-refractivity contribution in [2.45, 2.75) is 0 Å². The standard InChI is InChI=1S/C9H9NO3/c11-3-4-12-7-1-2-9-8(5-7)10-6-13-9/h1-2,5-6,11H,3-4H2. The van der Waals surface area contributed by atoms with Gasteiger partial charge in [-0.05, 0) is 12.1 Å². The molecule has 0 saturated heterocycles. The van der Waals surface area contributed by atoms with Gasteiger partial charge in [-0.25, -0.2) is 4.98 Å². The quantitative estimate of drug-likeness (QED) is 0.769. The molecule has 4 nitrogen and oxygen atoms in total. The molecule has 0 atom stereocenters. The highest BCUT2D eigenvalue weighted by atomic mass is 16.5. The van der Waals surface area contributed by atoms with Crippen molar-refractivity contribution in [2.24, 2.45) is 0 Å². The minimum atomic E-state index is 0.0108. The Labute approximate surface area is 74.8 Å². The van der Waals surface area contributed by atoms with Crippen LogP contribution >= 0.6 is 0 Å². The third-order valence-electron chi connectivity index (χ3n) is 1.66.